The number of sulfonamides is 1. The fourth-order valence-electron chi connectivity index (χ4n) is 4.05. The van der Waals surface area contributed by atoms with E-state index in [1.54, 1.807) is 0 Å². The Morgan fingerprint density at radius 1 is 1.18 bits per heavy atom. The molecule has 3 rings (SSSR count). The Hall–Kier alpha value is -2.98. The van der Waals surface area contributed by atoms with Gasteiger partial charge in [-0.2, -0.15) is 0 Å². The van der Waals surface area contributed by atoms with Crippen LogP contribution >= 0.6 is 0 Å². The van der Waals surface area contributed by atoms with Gasteiger partial charge in [0.15, 0.2) is 0 Å². The SMILES string of the molecule is Cc1ccc(CCC2CCN(C(=O)CCNc3ccc(S(N)(=O)=O)cc3[N+](=O)[O-])CC2)cc1. The van der Waals surface area contributed by atoms with Crippen LogP contribution in [-0.2, 0) is 21.2 Å². The number of nitrogens with one attached hydrogen (secondary N) is 1. The number of hydrogen-bond donors (Lipinski definition) is 2. The third-order valence-electron chi connectivity index (χ3n) is 6.08. The number of nitrogens with zero attached hydrogens (tertiary/aromatic N) is 2. The van der Waals surface area contributed by atoms with Gasteiger partial charge in [0.1, 0.15) is 5.69 Å². The molecule has 1 aliphatic rings. The summed E-state index contributed by atoms with van der Waals surface area (Å²) in [7, 11) is -4.04. The summed E-state index contributed by atoms with van der Waals surface area (Å²) in [5, 5.41) is 19.2. The van der Waals surface area contributed by atoms with E-state index in [2.05, 4.69) is 36.5 Å². The van der Waals surface area contributed by atoms with E-state index < -0.39 is 20.6 Å². The quantitative estimate of drug-likeness (QED) is 0.423. The maximum Gasteiger partial charge on any atom is 0.293 e. The van der Waals surface area contributed by atoms with Crippen molar-refractivity contribution in [1.29, 1.82) is 0 Å². The number of nitro groups is 1. The summed E-state index contributed by atoms with van der Waals surface area (Å²) in [5.41, 5.74) is 2.35. The number of primary sulfonamides is 1. The highest BCUT2D eigenvalue weighted by molar-refractivity contribution is 7.89. The second-order valence-corrected chi connectivity index (χ2v) is 10.1. The molecule has 1 saturated heterocycles. The number of piperidine rings is 1. The Labute approximate surface area is 194 Å². The molecule has 0 unspecified atom stereocenters. The van der Waals surface area contributed by atoms with Crippen molar-refractivity contribution < 1.29 is 18.1 Å². The number of hydrogen-bond acceptors (Lipinski definition) is 6. The monoisotopic (exact) mass is 474 g/mol. The molecule has 9 nitrogen and oxygen atoms in total. The van der Waals surface area contributed by atoms with Gasteiger partial charge in [-0.15, -0.1) is 0 Å². The molecule has 2 aromatic rings. The van der Waals surface area contributed by atoms with Gasteiger partial charge in [-0.25, -0.2) is 13.6 Å². The van der Waals surface area contributed by atoms with E-state index in [-0.39, 0.29) is 29.5 Å². The molecule has 1 heterocycles. The number of nitrogens with two attached hydrogens (primary N) is 1. The lowest BCUT2D eigenvalue weighted by Gasteiger charge is -2.32. The van der Waals surface area contributed by atoms with Gasteiger partial charge in [0.05, 0.1) is 9.82 Å². The molecular weight excluding hydrogens is 444 g/mol. The molecule has 0 aromatic heterocycles. The molecule has 10 heteroatoms. The lowest BCUT2D eigenvalue weighted by Crippen LogP contribution is -2.39. The lowest BCUT2D eigenvalue weighted by molar-refractivity contribution is -0.384. The molecular formula is C23H30N4O5S. The van der Waals surface area contributed by atoms with E-state index in [0.29, 0.717) is 5.92 Å². The van der Waals surface area contributed by atoms with E-state index in [4.69, 9.17) is 5.14 Å². The van der Waals surface area contributed by atoms with Crippen molar-refractivity contribution >= 4 is 27.3 Å². The van der Waals surface area contributed by atoms with Crippen LogP contribution in [0.4, 0.5) is 11.4 Å². The summed E-state index contributed by atoms with van der Waals surface area (Å²) in [6.07, 6.45) is 4.32. The van der Waals surface area contributed by atoms with E-state index in [1.165, 1.54) is 23.3 Å². The molecule has 0 saturated carbocycles. The number of anilines is 1. The maximum atomic E-state index is 12.6. The van der Waals surface area contributed by atoms with Crippen LogP contribution in [-0.4, -0.2) is 43.8 Å². The third kappa shape index (κ3) is 7.00. The topological polar surface area (TPSA) is 136 Å². The smallest absolute Gasteiger partial charge is 0.293 e. The molecule has 1 amide bonds. The summed E-state index contributed by atoms with van der Waals surface area (Å²) in [6, 6.07) is 12.0. The fraction of sp³-hybridized carbons (Fsp3) is 0.435. The van der Waals surface area contributed by atoms with Gasteiger partial charge in [0.25, 0.3) is 5.69 Å². The molecule has 0 aliphatic carbocycles. The van der Waals surface area contributed by atoms with E-state index in [1.807, 2.05) is 4.90 Å². The van der Waals surface area contributed by atoms with Gasteiger partial charge in [-0.1, -0.05) is 29.8 Å². The molecule has 178 valence electrons. The number of rotatable bonds is 9. The van der Waals surface area contributed by atoms with Crippen LogP contribution in [0.25, 0.3) is 0 Å². The summed E-state index contributed by atoms with van der Waals surface area (Å²) in [4.78, 5) is 24.7. The van der Waals surface area contributed by atoms with Crippen LogP contribution in [0.2, 0.25) is 0 Å². The van der Waals surface area contributed by atoms with Crippen molar-refractivity contribution in [3.05, 3.63) is 63.7 Å². The van der Waals surface area contributed by atoms with Gasteiger partial charge in [-0.3, -0.25) is 14.9 Å². The number of carbonyl (C=O) groups is 1. The van der Waals surface area contributed by atoms with Gasteiger partial charge in [0, 0.05) is 32.1 Å². The predicted octanol–water partition coefficient (Wildman–Crippen LogP) is 3.22. The minimum atomic E-state index is -4.04. The Morgan fingerprint density at radius 3 is 2.45 bits per heavy atom. The second kappa shape index (κ2) is 10.8. The zero-order valence-corrected chi connectivity index (χ0v) is 19.5. The average molecular weight is 475 g/mol. The number of nitro benzene ring substituents is 1. The Bertz CT molecular complexity index is 1090. The maximum absolute atomic E-state index is 12.6. The molecule has 1 aliphatic heterocycles. The minimum absolute atomic E-state index is 0.00305. The molecule has 33 heavy (non-hydrogen) atoms. The summed E-state index contributed by atoms with van der Waals surface area (Å²) >= 11 is 0. The molecule has 0 spiro atoms. The third-order valence-corrected chi connectivity index (χ3v) is 6.99. The van der Waals surface area contributed by atoms with Gasteiger partial charge >= 0.3 is 0 Å². The zero-order chi connectivity index (χ0) is 24.0. The van der Waals surface area contributed by atoms with Crippen LogP contribution in [0.5, 0.6) is 0 Å². The Balaban J connectivity index is 1.44. The molecule has 0 atom stereocenters. The summed E-state index contributed by atoms with van der Waals surface area (Å²) < 4.78 is 22.9. The summed E-state index contributed by atoms with van der Waals surface area (Å²) in [6.45, 7) is 3.74. The number of aryl methyl sites for hydroxylation is 2. The van der Waals surface area contributed by atoms with Gasteiger partial charge in [0.2, 0.25) is 15.9 Å². The molecule has 3 N–H and O–H groups in total. The minimum Gasteiger partial charge on any atom is -0.379 e. The average Bonchev–Trinajstić information content (AvgIpc) is 2.78. The Morgan fingerprint density at radius 2 is 1.85 bits per heavy atom. The predicted molar refractivity (Wildman–Crippen MR) is 126 cm³/mol. The van der Waals surface area contributed by atoms with Crippen LogP contribution in [0.15, 0.2) is 47.4 Å². The van der Waals surface area contributed by atoms with Crippen molar-refractivity contribution in [1.82, 2.24) is 4.90 Å². The van der Waals surface area contributed by atoms with Crippen molar-refractivity contribution in [3.8, 4) is 0 Å². The molecule has 1 fully saturated rings. The molecule has 0 bridgehead atoms. The fourth-order valence-corrected chi connectivity index (χ4v) is 4.58. The Kier molecular flexibility index (Phi) is 8.04. The number of benzene rings is 2. The molecule has 0 radical (unpaired) electrons. The van der Waals surface area contributed by atoms with Crippen molar-refractivity contribution in [2.24, 2.45) is 11.1 Å². The number of amides is 1. The van der Waals surface area contributed by atoms with E-state index in [9.17, 15) is 23.3 Å². The second-order valence-electron chi connectivity index (χ2n) is 8.51. The number of likely N-dealkylation sites (tertiary alicyclic amines) is 1. The number of carbonyl (C=O) groups excluding carboxylic acids is 1. The van der Waals surface area contributed by atoms with E-state index >= 15 is 0 Å². The van der Waals surface area contributed by atoms with E-state index in [0.717, 1.165) is 44.8 Å². The lowest BCUT2D eigenvalue weighted by atomic mass is 9.90. The van der Waals surface area contributed by atoms with Gasteiger partial charge < -0.3 is 10.2 Å². The summed E-state index contributed by atoms with van der Waals surface area (Å²) in [5.74, 6) is 0.608. The largest absolute Gasteiger partial charge is 0.379 e. The van der Waals surface area contributed by atoms with Crippen molar-refractivity contribution in [3.63, 3.8) is 0 Å². The first-order chi connectivity index (χ1) is 15.6. The van der Waals surface area contributed by atoms with Crippen LogP contribution in [0, 0.1) is 23.0 Å². The first-order valence-corrected chi connectivity index (χ1v) is 12.6. The van der Waals surface area contributed by atoms with Crippen molar-refractivity contribution in [2.75, 3.05) is 25.0 Å². The van der Waals surface area contributed by atoms with Gasteiger partial charge in [-0.05, 0) is 56.2 Å². The molecule has 2 aromatic carbocycles. The highest BCUT2D eigenvalue weighted by Gasteiger charge is 2.23. The van der Waals surface area contributed by atoms with Crippen LogP contribution in [0.1, 0.15) is 36.8 Å². The first-order valence-electron chi connectivity index (χ1n) is 11.0. The normalized spacial score (nSPS) is 14.8. The highest BCUT2D eigenvalue weighted by Crippen LogP contribution is 2.27. The highest BCUT2D eigenvalue weighted by atomic mass is 32.2. The van der Waals surface area contributed by atoms with Crippen molar-refractivity contribution in [2.45, 2.75) is 43.9 Å². The first kappa shape index (κ1) is 24.7. The van der Waals surface area contributed by atoms with Crippen LogP contribution < -0.4 is 10.5 Å². The zero-order valence-electron chi connectivity index (χ0n) is 18.7. The standard InChI is InChI=1S/C23H30N4O5S/c1-17-2-4-18(5-3-17)6-7-19-11-14-26(15-12-19)23(28)10-13-25-21-9-8-20(33(24,31)32)16-22(21)27(29)30/h2-5,8-9,16,19,25H,6-7,10-15H2,1H3,(H2,24,31,32). The van der Waals surface area contributed by atoms with Crippen LogP contribution in [0.3, 0.4) is 0 Å².